The Kier molecular flexibility index (Phi) is 6.10. The van der Waals surface area contributed by atoms with E-state index in [1.54, 1.807) is 0 Å². The molecule has 2 aromatic heterocycles. The molecule has 0 aromatic carbocycles. The van der Waals surface area contributed by atoms with Crippen LogP contribution in [-0.4, -0.2) is 79.7 Å². The molecule has 9 heteroatoms. The minimum atomic E-state index is -2.92. The molecule has 0 spiro atoms. The van der Waals surface area contributed by atoms with Crippen molar-refractivity contribution >= 4 is 26.7 Å². The average molecular weight is 471 g/mol. The van der Waals surface area contributed by atoms with Gasteiger partial charge in [-0.25, -0.2) is 13.4 Å². The fraction of sp³-hybridized carbons (Fsp3) is 0.667. The average Bonchev–Trinajstić information content (AvgIpc) is 3.16. The molecule has 1 saturated heterocycles. The van der Waals surface area contributed by atoms with E-state index in [0.717, 1.165) is 81.6 Å². The molecule has 3 aliphatic rings. The summed E-state index contributed by atoms with van der Waals surface area (Å²) in [5, 5.41) is 13.7. The molecule has 3 heterocycles. The second-order valence-electron chi connectivity index (χ2n) is 10.00. The summed E-state index contributed by atoms with van der Waals surface area (Å²) in [4.78, 5) is 9.91. The molecule has 2 saturated carbocycles. The highest BCUT2D eigenvalue weighted by atomic mass is 32.2. The predicted molar refractivity (Wildman–Crippen MR) is 130 cm³/mol. The van der Waals surface area contributed by atoms with Crippen LogP contribution in [0.4, 0.5) is 5.82 Å². The molecule has 3 fully saturated rings. The highest BCUT2D eigenvalue weighted by Crippen LogP contribution is 2.36. The van der Waals surface area contributed by atoms with Gasteiger partial charge in [-0.3, -0.25) is 4.90 Å². The van der Waals surface area contributed by atoms with Crippen LogP contribution in [0.1, 0.15) is 50.1 Å². The largest absolute Gasteiger partial charge is 0.354 e. The van der Waals surface area contributed by atoms with Crippen molar-refractivity contribution < 1.29 is 8.42 Å². The number of hydrogen-bond acceptors (Lipinski definition) is 7. The summed E-state index contributed by atoms with van der Waals surface area (Å²) in [6.07, 6.45) is 9.01. The van der Waals surface area contributed by atoms with Gasteiger partial charge in [0.05, 0.1) is 10.8 Å². The second-order valence-corrected chi connectivity index (χ2v) is 12.3. The summed E-state index contributed by atoms with van der Waals surface area (Å²) in [5.41, 5.74) is 1.62. The smallest absolute Gasteiger partial charge is 0.150 e. The topological polar surface area (TPSA) is 94.3 Å². The van der Waals surface area contributed by atoms with Crippen molar-refractivity contribution in [3.8, 4) is 6.07 Å². The number of anilines is 1. The number of rotatable bonds is 5. The van der Waals surface area contributed by atoms with Gasteiger partial charge in [0.1, 0.15) is 27.4 Å². The molecule has 0 atom stereocenters. The van der Waals surface area contributed by atoms with Crippen molar-refractivity contribution in [2.45, 2.75) is 61.9 Å². The molecule has 1 N–H and O–H groups in total. The zero-order valence-electron chi connectivity index (χ0n) is 19.6. The first kappa shape index (κ1) is 22.6. The van der Waals surface area contributed by atoms with Crippen LogP contribution in [0, 0.1) is 11.3 Å². The van der Waals surface area contributed by atoms with Gasteiger partial charge in [-0.1, -0.05) is 0 Å². The lowest BCUT2D eigenvalue weighted by molar-refractivity contribution is 0.148. The molecule has 0 amide bonds. The molecule has 0 unspecified atom stereocenters. The van der Waals surface area contributed by atoms with Crippen molar-refractivity contribution in [2.75, 3.05) is 44.4 Å². The molecule has 1 aliphatic heterocycles. The zero-order valence-corrected chi connectivity index (χ0v) is 20.4. The molecule has 2 aromatic rings. The number of aromatic nitrogens is 2. The van der Waals surface area contributed by atoms with E-state index in [4.69, 9.17) is 4.98 Å². The Morgan fingerprint density at radius 3 is 2.36 bits per heavy atom. The third-order valence-corrected chi connectivity index (χ3v) is 9.78. The van der Waals surface area contributed by atoms with E-state index < -0.39 is 9.84 Å². The summed E-state index contributed by atoms with van der Waals surface area (Å²) < 4.78 is 25.9. The Balaban J connectivity index is 1.26. The summed E-state index contributed by atoms with van der Waals surface area (Å²) >= 11 is 0. The molecule has 0 radical (unpaired) electrons. The molecule has 2 aliphatic carbocycles. The lowest BCUT2D eigenvalue weighted by atomic mass is 9.87. The van der Waals surface area contributed by atoms with Gasteiger partial charge in [-0.05, 0) is 57.7 Å². The first-order valence-corrected chi connectivity index (χ1v) is 14.1. The van der Waals surface area contributed by atoms with E-state index >= 15 is 0 Å². The molecule has 8 nitrogen and oxygen atoms in total. The number of pyridine rings is 1. The molecule has 0 bridgehead atoms. The van der Waals surface area contributed by atoms with E-state index in [-0.39, 0.29) is 5.25 Å². The van der Waals surface area contributed by atoms with E-state index in [0.29, 0.717) is 23.7 Å². The highest BCUT2D eigenvalue weighted by molar-refractivity contribution is 7.91. The van der Waals surface area contributed by atoms with E-state index in [2.05, 4.69) is 37.9 Å². The molecule has 33 heavy (non-hydrogen) atoms. The minimum Gasteiger partial charge on any atom is -0.354 e. The summed E-state index contributed by atoms with van der Waals surface area (Å²) in [7, 11) is -0.913. The van der Waals surface area contributed by atoms with Crippen LogP contribution >= 0.6 is 0 Å². The number of fused-ring (bicyclic) bond motifs is 1. The van der Waals surface area contributed by atoms with Gasteiger partial charge in [-0.2, -0.15) is 5.26 Å². The molecule has 178 valence electrons. The van der Waals surface area contributed by atoms with Gasteiger partial charge in [0, 0.05) is 62.1 Å². The third kappa shape index (κ3) is 4.36. The number of sulfone groups is 1. The van der Waals surface area contributed by atoms with Gasteiger partial charge in [0.15, 0.2) is 0 Å². The Morgan fingerprint density at radius 1 is 1.06 bits per heavy atom. The van der Waals surface area contributed by atoms with Crippen LogP contribution in [0.5, 0.6) is 0 Å². The first-order valence-electron chi connectivity index (χ1n) is 12.1. The summed E-state index contributed by atoms with van der Waals surface area (Å²) in [6, 6.07) is 7.88. The molecular formula is C24H34N6O2S. The van der Waals surface area contributed by atoms with Gasteiger partial charge in [0.2, 0.25) is 0 Å². The van der Waals surface area contributed by atoms with Crippen LogP contribution in [0.15, 0.2) is 18.3 Å². The fourth-order valence-electron chi connectivity index (χ4n) is 5.86. The van der Waals surface area contributed by atoms with Crippen molar-refractivity contribution in [3.63, 3.8) is 0 Å². The molecular weight excluding hydrogens is 436 g/mol. The summed E-state index contributed by atoms with van der Waals surface area (Å²) in [5.74, 6) is 0.983. The van der Waals surface area contributed by atoms with Crippen molar-refractivity contribution in [1.82, 2.24) is 19.8 Å². The van der Waals surface area contributed by atoms with Crippen LogP contribution < -0.4 is 10.2 Å². The number of nitriles is 1. The van der Waals surface area contributed by atoms with Gasteiger partial charge < -0.3 is 14.8 Å². The van der Waals surface area contributed by atoms with Gasteiger partial charge in [0.25, 0.3) is 0 Å². The second kappa shape index (κ2) is 8.90. The minimum absolute atomic E-state index is 0.153. The summed E-state index contributed by atoms with van der Waals surface area (Å²) in [6.45, 7) is 3.79. The zero-order chi connectivity index (χ0) is 23.2. The maximum absolute atomic E-state index is 11.9. The predicted octanol–water partition coefficient (Wildman–Crippen LogP) is 2.31. The van der Waals surface area contributed by atoms with Crippen molar-refractivity contribution in [2.24, 2.45) is 0 Å². The van der Waals surface area contributed by atoms with Crippen LogP contribution in [-0.2, 0) is 9.84 Å². The number of hydrogen-bond donors (Lipinski definition) is 1. The van der Waals surface area contributed by atoms with Crippen LogP contribution in [0.2, 0.25) is 0 Å². The van der Waals surface area contributed by atoms with Crippen molar-refractivity contribution in [1.29, 1.82) is 5.26 Å². The Hall–Kier alpha value is -2.15. The van der Waals surface area contributed by atoms with E-state index in [1.807, 2.05) is 13.2 Å². The van der Waals surface area contributed by atoms with Crippen LogP contribution in [0.3, 0.4) is 0 Å². The quantitative estimate of drug-likeness (QED) is 0.717. The van der Waals surface area contributed by atoms with Crippen LogP contribution in [0.25, 0.3) is 11.0 Å². The van der Waals surface area contributed by atoms with E-state index in [9.17, 15) is 13.7 Å². The Morgan fingerprint density at radius 2 is 1.76 bits per heavy atom. The van der Waals surface area contributed by atoms with Crippen molar-refractivity contribution in [3.05, 3.63) is 23.9 Å². The lowest BCUT2D eigenvalue weighted by Gasteiger charge is -2.42. The highest BCUT2D eigenvalue weighted by Gasteiger charge is 2.33. The Labute approximate surface area is 196 Å². The SMILES string of the molecule is CNC1CC(n2cc(C#N)c3ccc(N4CCN(C5CCC(S(C)(=O)=O)CC5)CC4)nc32)C1. The number of nitrogens with one attached hydrogen (secondary N) is 1. The third-order valence-electron chi connectivity index (χ3n) is 8.10. The maximum Gasteiger partial charge on any atom is 0.150 e. The molecule has 5 rings (SSSR count). The van der Waals surface area contributed by atoms with E-state index in [1.165, 1.54) is 6.26 Å². The normalized spacial score (nSPS) is 29.1. The monoisotopic (exact) mass is 470 g/mol. The number of piperazine rings is 1. The maximum atomic E-state index is 11.9. The van der Waals surface area contributed by atoms with Gasteiger partial charge in [-0.15, -0.1) is 0 Å². The fourth-order valence-corrected chi connectivity index (χ4v) is 6.99. The Bertz CT molecular complexity index is 1150. The first-order chi connectivity index (χ1) is 15.9. The number of nitrogens with zero attached hydrogens (tertiary/aromatic N) is 5. The van der Waals surface area contributed by atoms with Gasteiger partial charge >= 0.3 is 0 Å². The standard InChI is InChI=1S/C24H34N6O2S/c1-26-18-13-20(14-18)30-16-17(15-25)22-7-8-23(27-24(22)30)29-11-9-28(10-12-29)19-3-5-21(6-4-19)33(2,31)32/h7-8,16,18-21,26H,3-6,9-14H2,1-2H3. The lowest BCUT2D eigenvalue weighted by Crippen LogP contribution is -2.51.